The Morgan fingerprint density at radius 2 is 1.90 bits per heavy atom. The summed E-state index contributed by atoms with van der Waals surface area (Å²) in [6.45, 7) is 2.10. The molecule has 0 amide bonds. The summed E-state index contributed by atoms with van der Waals surface area (Å²) in [5.41, 5.74) is 4.09. The normalized spacial score (nSPS) is 13.7. The molecule has 2 N–H and O–H groups in total. The number of ether oxygens (including phenoxy) is 2. The van der Waals surface area contributed by atoms with Crippen molar-refractivity contribution < 1.29 is 9.47 Å². The van der Waals surface area contributed by atoms with Crippen LogP contribution in [0.2, 0.25) is 5.02 Å². The maximum absolute atomic E-state index is 5.84. The molecule has 1 aliphatic heterocycles. The van der Waals surface area contributed by atoms with Gasteiger partial charge in [-0.1, -0.05) is 17.7 Å². The largest absolute Gasteiger partial charge is 0.421 e. The van der Waals surface area contributed by atoms with E-state index in [1.807, 2.05) is 25.2 Å². The molecule has 158 valence electrons. The van der Waals surface area contributed by atoms with Crippen molar-refractivity contribution in [1.29, 1.82) is 0 Å². The minimum absolute atomic E-state index is 0.387. The number of fused-ring (bicyclic) bond motifs is 1. The number of aromatic nitrogens is 4. The molecule has 0 bridgehead atoms. The van der Waals surface area contributed by atoms with Crippen LogP contribution >= 0.6 is 11.6 Å². The molecule has 0 aliphatic carbocycles. The smallest absolute Gasteiger partial charge is 0.221 e. The number of aryl methyl sites for hydroxylation is 1. The van der Waals surface area contributed by atoms with Gasteiger partial charge in [-0.15, -0.1) is 0 Å². The molecule has 4 aromatic rings. The number of halogens is 1. The van der Waals surface area contributed by atoms with E-state index in [-0.39, 0.29) is 0 Å². The van der Waals surface area contributed by atoms with E-state index in [0.717, 1.165) is 41.4 Å². The summed E-state index contributed by atoms with van der Waals surface area (Å²) in [6.07, 6.45) is 3.30. The number of hydrogen-bond acceptors (Lipinski definition) is 7. The van der Waals surface area contributed by atoms with Crippen molar-refractivity contribution in [3.05, 3.63) is 65.4 Å². The Balaban J connectivity index is 1.23. The lowest BCUT2D eigenvalue weighted by Gasteiger charge is -2.27. The average molecular weight is 437 g/mol. The first-order chi connectivity index (χ1) is 15.1. The molecule has 0 unspecified atom stereocenters. The molecule has 1 saturated heterocycles. The fourth-order valence-electron chi connectivity index (χ4n) is 3.28. The molecule has 1 aromatic carbocycles. The molecule has 0 atom stereocenters. The Kier molecular flexibility index (Phi) is 5.31. The molecule has 1 aliphatic rings. The number of anilines is 2. The third-order valence-corrected chi connectivity index (χ3v) is 5.27. The van der Waals surface area contributed by atoms with Gasteiger partial charge >= 0.3 is 0 Å². The minimum Gasteiger partial charge on any atom is -0.421 e. The summed E-state index contributed by atoms with van der Waals surface area (Å²) >= 11 is 5.84. The van der Waals surface area contributed by atoms with E-state index in [2.05, 4.69) is 37.3 Å². The number of pyridine rings is 2. The maximum Gasteiger partial charge on any atom is 0.221 e. The first-order valence-electron chi connectivity index (χ1n) is 9.93. The number of nitrogens with one attached hydrogen (secondary N) is 2. The van der Waals surface area contributed by atoms with Crippen LogP contribution in [0.5, 0.6) is 11.8 Å². The molecular formula is C22H21ClN6O2. The van der Waals surface area contributed by atoms with E-state index >= 15 is 0 Å². The lowest BCUT2D eigenvalue weighted by atomic mass is 10.2. The van der Waals surface area contributed by atoms with Gasteiger partial charge in [0.25, 0.3) is 0 Å². The average Bonchev–Trinajstić information content (AvgIpc) is 3.07. The van der Waals surface area contributed by atoms with Gasteiger partial charge in [0.1, 0.15) is 0 Å². The van der Waals surface area contributed by atoms with Gasteiger partial charge < -0.3 is 24.7 Å². The Hall–Kier alpha value is -3.36. The summed E-state index contributed by atoms with van der Waals surface area (Å²) < 4.78 is 12.9. The zero-order chi connectivity index (χ0) is 21.2. The van der Waals surface area contributed by atoms with Crippen molar-refractivity contribution in [2.75, 3.05) is 23.8 Å². The van der Waals surface area contributed by atoms with Gasteiger partial charge in [-0.25, -0.2) is 15.0 Å². The molecule has 3 aromatic heterocycles. The van der Waals surface area contributed by atoms with Crippen LogP contribution in [0.1, 0.15) is 5.56 Å². The predicted molar refractivity (Wildman–Crippen MR) is 120 cm³/mol. The van der Waals surface area contributed by atoms with Crippen LogP contribution < -0.4 is 15.4 Å². The summed E-state index contributed by atoms with van der Waals surface area (Å²) in [5, 5.41) is 7.41. The SMILES string of the molecule is Cn1c(NCc2ccc(Oc3ccc(Cl)cn3)nc2)nc2ccc(NC3COC3)cc21. The van der Waals surface area contributed by atoms with Gasteiger partial charge in [-0.3, -0.25) is 0 Å². The minimum atomic E-state index is 0.387. The highest BCUT2D eigenvalue weighted by Gasteiger charge is 2.18. The highest BCUT2D eigenvalue weighted by molar-refractivity contribution is 6.30. The Morgan fingerprint density at radius 1 is 1.10 bits per heavy atom. The standard InChI is InChI=1S/C22H21ClN6O2/c1-29-19-8-16(27-17-12-30-13-17)4-5-18(19)28-22(29)26-10-14-2-6-20(24-9-14)31-21-7-3-15(23)11-25-21/h2-9,11,17,27H,10,12-13H2,1H3,(H,26,28). The van der Waals surface area contributed by atoms with Crippen molar-refractivity contribution in [3.8, 4) is 11.8 Å². The number of benzene rings is 1. The molecule has 1 fully saturated rings. The van der Waals surface area contributed by atoms with Crippen molar-refractivity contribution in [2.45, 2.75) is 12.6 Å². The molecule has 0 spiro atoms. The molecule has 31 heavy (non-hydrogen) atoms. The first-order valence-corrected chi connectivity index (χ1v) is 10.3. The maximum atomic E-state index is 5.84. The number of imidazole rings is 1. The zero-order valence-electron chi connectivity index (χ0n) is 16.9. The van der Waals surface area contributed by atoms with Crippen LogP contribution in [0.15, 0.2) is 54.9 Å². The van der Waals surface area contributed by atoms with Crippen LogP contribution in [0.25, 0.3) is 11.0 Å². The quantitative estimate of drug-likeness (QED) is 0.448. The highest BCUT2D eigenvalue weighted by Crippen LogP contribution is 2.24. The van der Waals surface area contributed by atoms with Crippen LogP contribution in [-0.2, 0) is 18.3 Å². The second-order valence-corrected chi connectivity index (χ2v) is 7.79. The van der Waals surface area contributed by atoms with E-state index in [1.54, 1.807) is 18.3 Å². The fourth-order valence-corrected chi connectivity index (χ4v) is 3.39. The second kappa shape index (κ2) is 8.41. The van der Waals surface area contributed by atoms with Gasteiger partial charge in [-0.05, 0) is 29.8 Å². The number of nitrogens with zero attached hydrogens (tertiary/aromatic N) is 4. The van der Waals surface area contributed by atoms with Gasteiger partial charge in [0.2, 0.25) is 17.7 Å². The lowest BCUT2D eigenvalue weighted by Crippen LogP contribution is -2.40. The predicted octanol–water partition coefficient (Wildman–Crippen LogP) is 4.23. The highest BCUT2D eigenvalue weighted by atomic mass is 35.5. The molecule has 0 saturated carbocycles. The molecular weight excluding hydrogens is 416 g/mol. The fraction of sp³-hybridized carbons (Fsp3) is 0.227. The van der Waals surface area contributed by atoms with Crippen molar-refractivity contribution in [3.63, 3.8) is 0 Å². The van der Waals surface area contributed by atoms with Crippen LogP contribution in [0.3, 0.4) is 0 Å². The van der Waals surface area contributed by atoms with Crippen molar-refractivity contribution in [2.24, 2.45) is 7.05 Å². The topological polar surface area (TPSA) is 86.1 Å². The lowest BCUT2D eigenvalue weighted by molar-refractivity contribution is 0.0211. The first kappa shape index (κ1) is 19.6. The monoisotopic (exact) mass is 436 g/mol. The Morgan fingerprint density at radius 3 is 2.58 bits per heavy atom. The number of hydrogen-bond donors (Lipinski definition) is 2. The van der Waals surface area contributed by atoms with Gasteiger partial charge in [0.05, 0.1) is 35.3 Å². The summed E-state index contributed by atoms with van der Waals surface area (Å²) in [5.74, 6) is 1.71. The van der Waals surface area contributed by atoms with Gasteiger partial charge in [0, 0.05) is 43.8 Å². The van der Waals surface area contributed by atoms with Crippen molar-refractivity contribution >= 4 is 34.3 Å². The summed E-state index contributed by atoms with van der Waals surface area (Å²) in [4.78, 5) is 13.1. The molecule has 4 heterocycles. The van der Waals surface area contributed by atoms with Crippen molar-refractivity contribution in [1.82, 2.24) is 19.5 Å². The van der Waals surface area contributed by atoms with Crippen LogP contribution in [-0.4, -0.2) is 38.8 Å². The van der Waals surface area contributed by atoms with E-state index in [0.29, 0.717) is 29.4 Å². The summed E-state index contributed by atoms with van der Waals surface area (Å²) in [7, 11) is 2.00. The molecule has 0 radical (unpaired) electrons. The summed E-state index contributed by atoms with van der Waals surface area (Å²) in [6, 6.07) is 13.8. The molecule has 5 rings (SSSR count). The Labute approximate surface area is 184 Å². The molecule has 9 heteroatoms. The zero-order valence-corrected chi connectivity index (χ0v) is 17.6. The van der Waals surface area contributed by atoms with E-state index in [4.69, 9.17) is 26.1 Å². The van der Waals surface area contributed by atoms with Gasteiger partial charge in [-0.2, -0.15) is 0 Å². The van der Waals surface area contributed by atoms with E-state index < -0.39 is 0 Å². The van der Waals surface area contributed by atoms with E-state index in [9.17, 15) is 0 Å². The van der Waals surface area contributed by atoms with Crippen LogP contribution in [0.4, 0.5) is 11.6 Å². The third-order valence-electron chi connectivity index (χ3n) is 5.05. The Bertz CT molecular complexity index is 1190. The van der Waals surface area contributed by atoms with Crippen LogP contribution in [0, 0.1) is 0 Å². The number of rotatable bonds is 7. The van der Waals surface area contributed by atoms with Gasteiger partial charge in [0.15, 0.2) is 0 Å². The molecule has 8 nitrogen and oxygen atoms in total. The van der Waals surface area contributed by atoms with E-state index in [1.165, 1.54) is 6.20 Å². The second-order valence-electron chi connectivity index (χ2n) is 7.35. The third kappa shape index (κ3) is 4.40.